The third-order valence-corrected chi connectivity index (χ3v) is 7.11. The van der Waals surface area contributed by atoms with Crippen molar-refractivity contribution in [3.05, 3.63) is 89.0 Å². The monoisotopic (exact) mass is 484 g/mol. The van der Waals surface area contributed by atoms with Crippen LogP contribution in [0.2, 0.25) is 0 Å². The van der Waals surface area contributed by atoms with Crippen LogP contribution in [0.15, 0.2) is 66.7 Å². The van der Waals surface area contributed by atoms with Gasteiger partial charge in [-0.15, -0.1) is 0 Å². The van der Waals surface area contributed by atoms with E-state index in [2.05, 4.69) is 13.8 Å². The Balaban J connectivity index is 1.56. The summed E-state index contributed by atoms with van der Waals surface area (Å²) in [6, 6.07) is 20.8. The molecule has 6 nitrogen and oxygen atoms in total. The summed E-state index contributed by atoms with van der Waals surface area (Å²) < 4.78 is 12.5. The van der Waals surface area contributed by atoms with Gasteiger partial charge in [-0.1, -0.05) is 63.1 Å². The van der Waals surface area contributed by atoms with Gasteiger partial charge in [-0.2, -0.15) is 0 Å². The lowest BCUT2D eigenvalue weighted by Gasteiger charge is -2.37. The second-order valence-electron chi connectivity index (χ2n) is 9.43. The van der Waals surface area contributed by atoms with E-state index in [-0.39, 0.29) is 12.0 Å². The topological polar surface area (TPSA) is 59.1 Å². The number of ether oxygens (including phenoxy) is 2. The Labute approximate surface area is 212 Å². The minimum absolute atomic E-state index is 0.0274. The minimum Gasteiger partial charge on any atom is -0.456 e. The van der Waals surface area contributed by atoms with Crippen molar-refractivity contribution in [1.82, 2.24) is 4.90 Å². The number of hydrogen-bond donors (Lipinski definition) is 0. The predicted octanol–water partition coefficient (Wildman–Crippen LogP) is 6.71. The zero-order valence-corrected chi connectivity index (χ0v) is 21.1. The number of para-hydroxylation sites is 1. The number of benzene rings is 3. The van der Waals surface area contributed by atoms with Gasteiger partial charge in [0.25, 0.3) is 0 Å². The summed E-state index contributed by atoms with van der Waals surface area (Å²) in [4.78, 5) is 30.0. The number of carbonyl (C=O) groups is 2. The number of fused-ring (bicyclic) bond motifs is 6. The molecular formula is C30H32N2O4. The summed E-state index contributed by atoms with van der Waals surface area (Å²) in [5.41, 5.74) is 2.53. The summed E-state index contributed by atoms with van der Waals surface area (Å²) in [5, 5.41) is 0. The molecule has 3 aromatic carbocycles. The van der Waals surface area contributed by atoms with Gasteiger partial charge in [0.1, 0.15) is 11.5 Å². The van der Waals surface area contributed by atoms with Crippen LogP contribution in [0.25, 0.3) is 0 Å². The summed E-state index contributed by atoms with van der Waals surface area (Å²) in [6.07, 6.45) is 4.02. The van der Waals surface area contributed by atoms with E-state index in [1.54, 1.807) is 18.0 Å². The number of carbonyl (C=O) groups excluding carboxylic acids is 2. The van der Waals surface area contributed by atoms with Crippen LogP contribution in [0, 0.1) is 0 Å². The van der Waals surface area contributed by atoms with Crippen molar-refractivity contribution in [3.8, 4) is 11.5 Å². The van der Waals surface area contributed by atoms with Crippen LogP contribution in [0.1, 0.15) is 66.6 Å². The fourth-order valence-corrected chi connectivity index (χ4v) is 5.15. The highest BCUT2D eigenvalue weighted by atomic mass is 16.6. The summed E-state index contributed by atoms with van der Waals surface area (Å²) in [7, 11) is 1.80. The van der Waals surface area contributed by atoms with Crippen LogP contribution in [0.5, 0.6) is 11.5 Å². The van der Waals surface area contributed by atoms with Gasteiger partial charge in [-0.3, -0.25) is 4.90 Å². The van der Waals surface area contributed by atoms with Crippen molar-refractivity contribution in [3.63, 3.8) is 0 Å². The van der Waals surface area contributed by atoms with Crippen molar-refractivity contribution in [2.75, 3.05) is 25.0 Å². The van der Waals surface area contributed by atoms with Crippen LogP contribution in [0.3, 0.4) is 0 Å². The molecule has 0 saturated heterocycles. The van der Waals surface area contributed by atoms with Crippen molar-refractivity contribution in [2.24, 2.45) is 0 Å². The molecule has 1 atom stereocenters. The fourth-order valence-electron chi connectivity index (χ4n) is 5.15. The number of urea groups is 1. The van der Waals surface area contributed by atoms with Gasteiger partial charge in [-0.05, 0) is 37.1 Å². The molecule has 0 saturated carbocycles. The Morgan fingerprint density at radius 2 is 1.47 bits per heavy atom. The maximum Gasteiger partial charge on any atom is 0.340 e. The highest BCUT2D eigenvalue weighted by Gasteiger charge is 2.53. The molecule has 0 N–H and O–H groups in total. The molecule has 6 heteroatoms. The van der Waals surface area contributed by atoms with Gasteiger partial charge in [-0.25, -0.2) is 9.59 Å². The van der Waals surface area contributed by atoms with E-state index in [9.17, 15) is 9.59 Å². The first-order valence-corrected chi connectivity index (χ1v) is 12.8. The lowest BCUT2D eigenvalue weighted by atomic mass is 9.77. The van der Waals surface area contributed by atoms with Gasteiger partial charge in [0.15, 0.2) is 5.60 Å². The lowest BCUT2D eigenvalue weighted by molar-refractivity contribution is 0.0224. The first-order chi connectivity index (χ1) is 17.5. The quantitative estimate of drug-likeness (QED) is 0.350. The average molecular weight is 485 g/mol. The third-order valence-electron chi connectivity index (χ3n) is 7.11. The molecule has 2 heterocycles. The van der Waals surface area contributed by atoms with E-state index < -0.39 is 5.60 Å². The molecule has 0 fully saturated rings. The molecule has 36 heavy (non-hydrogen) atoms. The summed E-state index contributed by atoms with van der Waals surface area (Å²) >= 11 is 0. The highest BCUT2D eigenvalue weighted by molar-refractivity contribution is 5.97. The Bertz CT molecular complexity index is 1300. The normalized spacial score (nSPS) is 17.0. The van der Waals surface area contributed by atoms with Crippen LogP contribution in [-0.4, -0.2) is 37.0 Å². The Hall–Kier alpha value is -3.80. The average Bonchev–Trinajstić information content (AvgIpc) is 3.20. The van der Waals surface area contributed by atoms with Crippen molar-refractivity contribution < 1.29 is 19.1 Å². The lowest BCUT2D eigenvalue weighted by Crippen LogP contribution is -2.42. The standard InChI is InChI=1S/C30H32N2O4/c1-4-6-18-32(19-7-5-2)29(34)31(3)21-16-17-25-27(20-21)35-26-15-11-10-14-24(26)30(25)23-13-9-8-12-22(23)28(33)36-30/h8-17,20H,4-7,18-19H2,1-3H3. The molecule has 0 aliphatic carbocycles. The van der Waals surface area contributed by atoms with E-state index in [0.717, 1.165) is 61.2 Å². The summed E-state index contributed by atoms with van der Waals surface area (Å²) in [6.45, 7) is 5.75. The molecule has 1 unspecified atom stereocenters. The second kappa shape index (κ2) is 9.69. The van der Waals surface area contributed by atoms with Gasteiger partial charge in [0.05, 0.1) is 5.56 Å². The number of hydrogen-bond acceptors (Lipinski definition) is 4. The minimum atomic E-state index is -1.09. The van der Waals surface area contributed by atoms with Crippen LogP contribution in [0.4, 0.5) is 10.5 Å². The van der Waals surface area contributed by atoms with Gasteiger partial charge < -0.3 is 14.4 Å². The van der Waals surface area contributed by atoms with E-state index in [1.165, 1.54) is 0 Å². The summed E-state index contributed by atoms with van der Waals surface area (Å²) in [5.74, 6) is 0.851. The second-order valence-corrected chi connectivity index (χ2v) is 9.43. The Kier molecular flexibility index (Phi) is 6.44. The Morgan fingerprint density at radius 1 is 0.833 bits per heavy atom. The molecule has 2 aliphatic heterocycles. The number of nitrogens with zero attached hydrogens (tertiary/aromatic N) is 2. The van der Waals surface area contributed by atoms with Gasteiger partial charge in [0, 0.05) is 48.6 Å². The molecule has 5 rings (SSSR count). The molecule has 186 valence electrons. The van der Waals surface area contributed by atoms with Gasteiger partial charge in [0.2, 0.25) is 0 Å². The molecule has 2 aliphatic rings. The number of esters is 1. The van der Waals surface area contributed by atoms with Crippen molar-refractivity contribution in [1.29, 1.82) is 0 Å². The molecule has 1 spiro atoms. The first kappa shape index (κ1) is 23.9. The number of amides is 2. The van der Waals surface area contributed by atoms with E-state index >= 15 is 0 Å². The Morgan fingerprint density at radius 3 is 2.19 bits per heavy atom. The van der Waals surface area contributed by atoms with Crippen LogP contribution >= 0.6 is 0 Å². The van der Waals surface area contributed by atoms with Crippen molar-refractivity contribution in [2.45, 2.75) is 45.1 Å². The maximum absolute atomic E-state index is 13.4. The van der Waals surface area contributed by atoms with Crippen LogP contribution < -0.4 is 9.64 Å². The number of rotatable bonds is 7. The molecule has 0 aromatic heterocycles. The molecule has 2 amide bonds. The van der Waals surface area contributed by atoms with E-state index in [4.69, 9.17) is 9.47 Å². The molecule has 0 bridgehead atoms. The predicted molar refractivity (Wildman–Crippen MR) is 140 cm³/mol. The maximum atomic E-state index is 13.4. The smallest absolute Gasteiger partial charge is 0.340 e. The first-order valence-electron chi connectivity index (χ1n) is 12.8. The zero-order chi connectivity index (χ0) is 25.3. The zero-order valence-electron chi connectivity index (χ0n) is 21.1. The molecular weight excluding hydrogens is 452 g/mol. The fraction of sp³-hybridized carbons (Fsp3) is 0.333. The largest absolute Gasteiger partial charge is 0.456 e. The molecule has 0 radical (unpaired) electrons. The van der Waals surface area contributed by atoms with E-state index in [1.807, 2.05) is 65.6 Å². The number of unbranched alkanes of at least 4 members (excludes halogenated alkanes) is 2. The van der Waals surface area contributed by atoms with E-state index in [0.29, 0.717) is 17.1 Å². The SMILES string of the molecule is CCCCN(CCCC)C(=O)N(C)c1ccc2c(c1)Oc1ccccc1C21OC(=O)c2ccccc21. The highest BCUT2D eigenvalue weighted by Crippen LogP contribution is 2.56. The molecule has 3 aromatic rings. The van der Waals surface area contributed by atoms with Gasteiger partial charge >= 0.3 is 12.0 Å². The van der Waals surface area contributed by atoms with Crippen molar-refractivity contribution >= 4 is 17.7 Å². The van der Waals surface area contributed by atoms with Crippen LogP contribution in [-0.2, 0) is 10.3 Å². The third kappa shape index (κ3) is 3.81. The number of anilines is 1.